The molecule has 0 radical (unpaired) electrons. The molecular weight excluding hydrogens is 804 g/mol. The Balaban J connectivity index is 3.18. The van der Waals surface area contributed by atoms with E-state index in [9.17, 15) is 57.5 Å². The van der Waals surface area contributed by atoms with Crippen LogP contribution in [0.25, 0.3) is 0 Å². The lowest BCUT2D eigenvalue weighted by atomic mass is 10.2. The maximum atomic E-state index is 12.7. The fourth-order valence-corrected chi connectivity index (χ4v) is 4.32. The van der Waals surface area contributed by atoms with Crippen LogP contribution in [-0.2, 0) is 86.0 Å². The lowest BCUT2D eigenvalue weighted by Gasteiger charge is -2.23. The van der Waals surface area contributed by atoms with Crippen molar-refractivity contribution in [3.8, 4) is 0 Å². The molecule has 336 valence electrons. The summed E-state index contributed by atoms with van der Waals surface area (Å²) in [5.74, 6) is -12.4. The van der Waals surface area contributed by atoms with E-state index in [2.05, 4.69) is 31.9 Å². The fraction of sp³-hybridized carbons (Fsp3) is 0.667. The number of rotatable bonds is 0. The van der Waals surface area contributed by atoms with Crippen LogP contribution in [0.15, 0.2) is 0 Å². The zero-order valence-corrected chi connectivity index (χ0v) is 35.3. The number of carbonyl (C=O) groups is 12. The molecule has 0 saturated carbocycles. The standard InChI is InChI=1S/C36H54N6O18/c1-13-31(49)55-20(8)26(44)38-15(3)33(51)57-22(10)28(46)40-17(5)35(53)59-24(12)30(48)42-18(6)36(54)60-23(11)29(47)41-16(4)34(52)58-21(9)27(45)39-14(2)32(50)56-19(7)25(43)37-13/h13-24H,1-12H3,(H,37,43)(H,38,44)(H,39,45)(H,40,46)(H,41,47)(H,42,48)/t13-,14+,15+,16-,17-,18+,19-,20+,21+,22-,23-,24+. The smallest absolute Gasteiger partial charge is 0.329 e. The number of ether oxygens (including phenoxy) is 6. The van der Waals surface area contributed by atoms with Crippen molar-refractivity contribution in [2.75, 3.05) is 0 Å². The first kappa shape index (κ1) is 51.7. The molecule has 1 fully saturated rings. The van der Waals surface area contributed by atoms with Gasteiger partial charge >= 0.3 is 35.8 Å². The van der Waals surface area contributed by atoms with Crippen LogP contribution < -0.4 is 31.9 Å². The van der Waals surface area contributed by atoms with Gasteiger partial charge < -0.3 is 60.3 Å². The molecule has 24 nitrogen and oxygen atoms in total. The summed E-state index contributed by atoms with van der Waals surface area (Å²) < 4.78 is 30.4. The molecule has 0 aromatic heterocycles. The molecule has 24 heteroatoms. The lowest BCUT2D eigenvalue weighted by Crippen LogP contribution is -2.51. The van der Waals surface area contributed by atoms with Crippen molar-refractivity contribution in [3.63, 3.8) is 0 Å². The molecule has 1 heterocycles. The first-order valence-electron chi connectivity index (χ1n) is 18.7. The molecule has 0 aliphatic carbocycles. The summed E-state index contributed by atoms with van der Waals surface area (Å²) in [5, 5.41) is 13.4. The molecule has 60 heavy (non-hydrogen) atoms. The Labute approximate surface area is 344 Å². The van der Waals surface area contributed by atoms with E-state index in [1.54, 1.807) is 0 Å². The fourth-order valence-electron chi connectivity index (χ4n) is 4.32. The van der Waals surface area contributed by atoms with E-state index in [0.29, 0.717) is 0 Å². The third kappa shape index (κ3) is 16.5. The maximum absolute atomic E-state index is 12.7. The second-order valence-corrected chi connectivity index (χ2v) is 13.9. The third-order valence-corrected chi connectivity index (χ3v) is 8.25. The van der Waals surface area contributed by atoms with Gasteiger partial charge in [-0.25, -0.2) is 28.8 Å². The Morgan fingerprint density at radius 3 is 0.433 bits per heavy atom. The van der Waals surface area contributed by atoms with E-state index in [-0.39, 0.29) is 0 Å². The van der Waals surface area contributed by atoms with Gasteiger partial charge in [0.25, 0.3) is 35.4 Å². The van der Waals surface area contributed by atoms with E-state index in [1.807, 2.05) is 0 Å². The van der Waals surface area contributed by atoms with Crippen LogP contribution >= 0.6 is 0 Å². The highest BCUT2D eigenvalue weighted by Crippen LogP contribution is 2.06. The Hall–Kier alpha value is -6.36. The van der Waals surface area contributed by atoms with Gasteiger partial charge in [0.15, 0.2) is 36.6 Å². The molecule has 0 unspecified atom stereocenters. The zero-order chi connectivity index (χ0) is 46.3. The van der Waals surface area contributed by atoms with Gasteiger partial charge in [-0.1, -0.05) is 0 Å². The Bertz CT molecular complexity index is 1260. The minimum atomic E-state index is -1.51. The van der Waals surface area contributed by atoms with Gasteiger partial charge in [-0.2, -0.15) is 0 Å². The Morgan fingerprint density at radius 2 is 0.333 bits per heavy atom. The van der Waals surface area contributed by atoms with Crippen LogP contribution in [0.3, 0.4) is 0 Å². The highest BCUT2D eigenvalue weighted by molar-refractivity contribution is 5.95. The quantitative estimate of drug-likeness (QED) is 0.102. The zero-order valence-electron chi connectivity index (χ0n) is 35.3. The molecule has 1 aliphatic rings. The molecule has 0 aromatic carbocycles. The maximum Gasteiger partial charge on any atom is 0.329 e. The van der Waals surface area contributed by atoms with Gasteiger partial charge in [0.05, 0.1) is 0 Å². The highest BCUT2D eigenvalue weighted by Gasteiger charge is 2.33. The second-order valence-electron chi connectivity index (χ2n) is 13.9. The van der Waals surface area contributed by atoms with E-state index in [0.717, 1.165) is 41.5 Å². The van der Waals surface area contributed by atoms with E-state index in [4.69, 9.17) is 28.4 Å². The van der Waals surface area contributed by atoms with Gasteiger partial charge in [-0.05, 0) is 83.1 Å². The van der Waals surface area contributed by atoms with Crippen molar-refractivity contribution >= 4 is 71.3 Å². The SMILES string of the molecule is C[C@@H]1NC(=O)[C@H](C)OC(=O)[C@@H](C)NC(=O)[C@@H](C)OC(=O)[C@H](C)NC(=O)[C@H](C)OC(=O)[C@@H](C)NC(=O)[C@@H](C)OC(=O)[C@H](C)NC(=O)[C@H](C)OC(=O)[C@@H](C)NC(=O)[C@@H](C)OC1=O. The average molecular weight is 859 g/mol. The van der Waals surface area contributed by atoms with Crippen molar-refractivity contribution in [2.45, 2.75) is 156 Å². The molecule has 0 bridgehead atoms. The molecule has 1 aliphatic heterocycles. The summed E-state index contributed by atoms with van der Waals surface area (Å²) in [6.07, 6.45) is -9.06. The van der Waals surface area contributed by atoms with Crippen molar-refractivity contribution in [2.24, 2.45) is 0 Å². The number of nitrogens with one attached hydrogen (secondary N) is 6. The summed E-state index contributed by atoms with van der Waals surface area (Å²) in [6, 6.07) is -8.28. The summed E-state index contributed by atoms with van der Waals surface area (Å²) in [5.41, 5.74) is 0. The van der Waals surface area contributed by atoms with E-state index >= 15 is 0 Å². The van der Waals surface area contributed by atoms with Crippen LogP contribution in [0.1, 0.15) is 83.1 Å². The number of amides is 6. The summed E-state index contributed by atoms with van der Waals surface area (Å²) in [4.78, 5) is 152. The van der Waals surface area contributed by atoms with Crippen LogP contribution in [0.4, 0.5) is 0 Å². The van der Waals surface area contributed by atoms with Crippen molar-refractivity contribution < 1.29 is 86.0 Å². The monoisotopic (exact) mass is 858 g/mol. The largest absolute Gasteiger partial charge is 0.451 e. The van der Waals surface area contributed by atoms with Crippen molar-refractivity contribution in [1.29, 1.82) is 0 Å². The molecule has 12 atom stereocenters. The number of esters is 6. The lowest BCUT2D eigenvalue weighted by molar-refractivity contribution is -0.163. The Morgan fingerprint density at radius 1 is 0.233 bits per heavy atom. The first-order valence-corrected chi connectivity index (χ1v) is 18.7. The van der Waals surface area contributed by atoms with E-state index < -0.39 is 144 Å². The molecule has 0 aromatic rings. The molecule has 6 amide bonds. The topological polar surface area (TPSA) is 332 Å². The molecular formula is C36H54N6O18. The summed E-state index contributed by atoms with van der Waals surface area (Å²) in [7, 11) is 0. The van der Waals surface area contributed by atoms with Gasteiger partial charge in [-0.3, -0.25) is 28.8 Å². The molecule has 1 rings (SSSR count). The normalized spacial score (nSPS) is 33.0. The molecule has 0 spiro atoms. The summed E-state index contributed by atoms with van der Waals surface area (Å²) >= 11 is 0. The number of carbonyl (C=O) groups excluding carboxylic acids is 12. The van der Waals surface area contributed by atoms with Gasteiger partial charge in [0.2, 0.25) is 0 Å². The number of hydrogen-bond acceptors (Lipinski definition) is 18. The van der Waals surface area contributed by atoms with Crippen molar-refractivity contribution in [3.05, 3.63) is 0 Å². The second kappa shape index (κ2) is 23.3. The van der Waals surface area contributed by atoms with E-state index in [1.165, 1.54) is 41.5 Å². The summed E-state index contributed by atoms with van der Waals surface area (Å²) in [6.45, 7) is 14.2. The van der Waals surface area contributed by atoms with Gasteiger partial charge in [0.1, 0.15) is 36.3 Å². The van der Waals surface area contributed by atoms with Crippen molar-refractivity contribution in [1.82, 2.24) is 31.9 Å². The van der Waals surface area contributed by atoms with Crippen LogP contribution in [0.2, 0.25) is 0 Å². The van der Waals surface area contributed by atoms with Crippen LogP contribution in [-0.4, -0.2) is 144 Å². The average Bonchev–Trinajstić information content (AvgIpc) is 3.16. The number of hydrogen-bond donors (Lipinski definition) is 6. The minimum Gasteiger partial charge on any atom is -0.451 e. The van der Waals surface area contributed by atoms with Gasteiger partial charge in [-0.15, -0.1) is 0 Å². The van der Waals surface area contributed by atoms with Gasteiger partial charge in [0, 0.05) is 0 Å². The predicted molar refractivity (Wildman–Crippen MR) is 199 cm³/mol. The predicted octanol–water partition coefficient (Wildman–Crippen LogP) is -3.38. The van der Waals surface area contributed by atoms with Crippen LogP contribution in [0, 0.1) is 0 Å². The molecule has 6 N–H and O–H groups in total. The Kier molecular flexibility index (Phi) is 20.0. The highest BCUT2D eigenvalue weighted by atomic mass is 16.6. The van der Waals surface area contributed by atoms with Crippen LogP contribution in [0.5, 0.6) is 0 Å². The first-order chi connectivity index (χ1) is 27.7. The third-order valence-electron chi connectivity index (χ3n) is 8.25. The molecule has 1 saturated heterocycles. The number of cyclic esters (lactones) is 6. The minimum absolute atomic E-state index is 0.967.